The van der Waals surface area contributed by atoms with E-state index in [2.05, 4.69) is 9.57 Å². The summed E-state index contributed by atoms with van der Waals surface area (Å²) in [6, 6.07) is -0.823. The standard InChI is InChI=1S/C7H10N2O5/c1-8-5(10)4(13-2)6(11)9(14-3)7(8)12/h4H,1-3H3. The van der Waals surface area contributed by atoms with Gasteiger partial charge in [0.15, 0.2) is 0 Å². The van der Waals surface area contributed by atoms with Crippen LogP contribution in [0, 0.1) is 0 Å². The van der Waals surface area contributed by atoms with Gasteiger partial charge in [-0.05, 0) is 0 Å². The molecule has 0 radical (unpaired) electrons. The fourth-order valence-electron chi connectivity index (χ4n) is 1.08. The molecule has 0 aromatic rings. The number of likely N-dealkylation sites (N-methyl/N-ethyl adjacent to an activating group) is 1. The van der Waals surface area contributed by atoms with Crippen molar-refractivity contribution in [1.82, 2.24) is 9.96 Å². The summed E-state index contributed by atoms with van der Waals surface area (Å²) in [4.78, 5) is 39.2. The molecule has 0 aliphatic carbocycles. The molecule has 78 valence electrons. The minimum atomic E-state index is -1.31. The van der Waals surface area contributed by atoms with Gasteiger partial charge in [0.2, 0.25) is 6.10 Å². The van der Waals surface area contributed by atoms with Gasteiger partial charge in [-0.1, -0.05) is 0 Å². The van der Waals surface area contributed by atoms with E-state index in [1.165, 1.54) is 14.2 Å². The highest BCUT2D eigenvalue weighted by atomic mass is 16.7. The van der Waals surface area contributed by atoms with Gasteiger partial charge >= 0.3 is 6.03 Å². The summed E-state index contributed by atoms with van der Waals surface area (Å²) in [6.07, 6.45) is -1.31. The van der Waals surface area contributed by atoms with Gasteiger partial charge in [-0.2, -0.15) is 0 Å². The summed E-state index contributed by atoms with van der Waals surface area (Å²) in [7, 11) is 3.61. The van der Waals surface area contributed by atoms with Gasteiger partial charge in [-0.3, -0.25) is 19.3 Å². The number of imide groups is 2. The first-order valence-corrected chi connectivity index (χ1v) is 3.77. The first kappa shape index (κ1) is 10.6. The van der Waals surface area contributed by atoms with Gasteiger partial charge < -0.3 is 4.74 Å². The molecule has 1 aliphatic rings. The summed E-state index contributed by atoms with van der Waals surface area (Å²) in [5.74, 6) is -1.51. The number of hydrogen-bond donors (Lipinski definition) is 0. The number of hydrogen-bond acceptors (Lipinski definition) is 5. The van der Waals surface area contributed by atoms with Gasteiger partial charge in [-0.15, -0.1) is 5.06 Å². The lowest BCUT2D eigenvalue weighted by molar-refractivity contribution is -0.185. The normalized spacial score (nSPS) is 23.4. The van der Waals surface area contributed by atoms with E-state index in [4.69, 9.17) is 0 Å². The van der Waals surface area contributed by atoms with Crippen LogP contribution < -0.4 is 0 Å². The van der Waals surface area contributed by atoms with E-state index in [-0.39, 0.29) is 0 Å². The minimum absolute atomic E-state index is 0.482. The fraction of sp³-hybridized carbons (Fsp3) is 0.571. The van der Waals surface area contributed by atoms with Crippen molar-refractivity contribution < 1.29 is 24.0 Å². The number of ether oxygens (including phenoxy) is 1. The zero-order valence-corrected chi connectivity index (χ0v) is 8.01. The molecule has 14 heavy (non-hydrogen) atoms. The van der Waals surface area contributed by atoms with Gasteiger partial charge in [0.25, 0.3) is 11.8 Å². The van der Waals surface area contributed by atoms with Crippen molar-refractivity contribution in [2.75, 3.05) is 21.3 Å². The summed E-state index contributed by atoms with van der Waals surface area (Å²) in [5, 5.41) is 0.482. The Kier molecular flexibility index (Phi) is 2.82. The lowest BCUT2D eigenvalue weighted by Crippen LogP contribution is -2.60. The molecule has 1 fully saturated rings. The first-order chi connectivity index (χ1) is 6.54. The Morgan fingerprint density at radius 1 is 1.14 bits per heavy atom. The quantitative estimate of drug-likeness (QED) is 0.536. The maximum atomic E-state index is 11.4. The predicted molar refractivity (Wildman–Crippen MR) is 42.8 cm³/mol. The van der Waals surface area contributed by atoms with Crippen molar-refractivity contribution in [3.63, 3.8) is 0 Å². The van der Waals surface area contributed by atoms with E-state index in [1.54, 1.807) is 0 Å². The van der Waals surface area contributed by atoms with E-state index in [0.29, 0.717) is 5.06 Å². The van der Waals surface area contributed by atoms with Crippen LogP contribution in [-0.4, -0.2) is 55.2 Å². The Morgan fingerprint density at radius 2 is 1.71 bits per heavy atom. The number of barbiturate groups is 1. The zero-order chi connectivity index (χ0) is 10.9. The van der Waals surface area contributed by atoms with Crippen molar-refractivity contribution >= 4 is 17.8 Å². The average Bonchev–Trinajstić information content (AvgIpc) is 2.16. The molecule has 1 atom stereocenters. The largest absolute Gasteiger partial charge is 0.362 e. The molecule has 7 heteroatoms. The molecule has 1 unspecified atom stereocenters. The maximum absolute atomic E-state index is 11.4. The molecular weight excluding hydrogens is 192 g/mol. The molecule has 7 nitrogen and oxygen atoms in total. The van der Waals surface area contributed by atoms with E-state index < -0.39 is 23.9 Å². The predicted octanol–water partition coefficient (Wildman–Crippen LogP) is -1.02. The van der Waals surface area contributed by atoms with Gasteiger partial charge in [0.05, 0.1) is 7.11 Å². The van der Waals surface area contributed by atoms with Crippen LogP contribution >= 0.6 is 0 Å². The molecule has 0 N–H and O–H groups in total. The molecule has 4 amide bonds. The maximum Gasteiger partial charge on any atom is 0.357 e. The highest BCUT2D eigenvalue weighted by molar-refractivity contribution is 6.17. The topological polar surface area (TPSA) is 76.2 Å². The summed E-state index contributed by atoms with van der Waals surface area (Å²) in [5.41, 5.74) is 0. The first-order valence-electron chi connectivity index (χ1n) is 3.77. The number of methoxy groups -OCH3 is 1. The van der Waals surface area contributed by atoms with Crippen LogP contribution in [0.4, 0.5) is 4.79 Å². The molecule has 1 heterocycles. The van der Waals surface area contributed by atoms with Gasteiger partial charge in [0, 0.05) is 14.2 Å². The highest BCUT2D eigenvalue weighted by Gasteiger charge is 2.45. The van der Waals surface area contributed by atoms with Crippen molar-refractivity contribution in [1.29, 1.82) is 0 Å². The molecule has 1 saturated heterocycles. The Morgan fingerprint density at radius 3 is 2.14 bits per heavy atom. The van der Waals surface area contributed by atoms with Crippen LogP contribution in [0.25, 0.3) is 0 Å². The molecular formula is C7H10N2O5. The van der Waals surface area contributed by atoms with Crippen LogP contribution in [0.1, 0.15) is 0 Å². The van der Waals surface area contributed by atoms with Crippen LogP contribution in [0.3, 0.4) is 0 Å². The SMILES string of the molecule is COC1C(=O)N(C)C(=O)N(OC)C1=O. The third-order valence-electron chi connectivity index (χ3n) is 1.86. The molecule has 0 saturated carbocycles. The molecule has 1 rings (SSSR count). The molecule has 1 aliphatic heterocycles. The minimum Gasteiger partial charge on any atom is -0.362 e. The zero-order valence-electron chi connectivity index (χ0n) is 8.01. The van der Waals surface area contributed by atoms with Crippen LogP contribution in [0.5, 0.6) is 0 Å². The highest BCUT2D eigenvalue weighted by Crippen LogP contribution is 2.12. The smallest absolute Gasteiger partial charge is 0.357 e. The number of carbonyl (C=O) groups excluding carboxylic acids is 3. The van der Waals surface area contributed by atoms with E-state index >= 15 is 0 Å². The molecule has 0 bridgehead atoms. The second-order valence-corrected chi connectivity index (χ2v) is 2.61. The number of nitrogens with zero attached hydrogens (tertiary/aromatic N) is 2. The Hall–Kier alpha value is -1.47. The lowest BCUT2D eigenvalue weighted by atomic mass is 10.2. The van der Waals surface area contributed by atoms with E-state index in [9.17, 15) is 14.4 Å². The third kappa shape index (κ3) is 1.36. The van der Waals surface area contributed by atoms with Crippen molar-refractivity contribution in [3.8, 4) is 0 Å². The monoisotopic (exact) mass is 202 g/mol. The van der Waals surface area contributed by atoms with E-state index in [1.807, 2.05) is 0 Å². The fourth-order valence-corrected chi connectivity index (χ4v) is 1.08. The van der Waals surface area contributed by atoms with Gasteiger partial charge in [-0.25, -0.2) is 4.79 Å². The average molecular weight is 202 g/mol. The number of urea groups is 1. The summed E-state index contributed by atoms with van der Waals surface area (Å²) >= 11 is 0. The van der Waals surface area contributed by atoms with E-state index in [0.717, 1.165) is 12.0 Å². The van der Waals surface area contributed by atoms with Crippen LogP contribution in [-0.2, 0) is 19.2 Å². The summed E-state index contributed by atoms with van der Waals surface area (Å²) in [6.45, 7) is 0. The van der Waals surface area contributed by atoms with Crippen molar-refractivity contribution in [2.24, 2.45) is 0 Å². The molecule has 0 aromatic heterocycles. The second-order valence-electron chi connectivity index (χ2n) is 2.61. The number of hydroxylamine groups is 2. The molecule has 0 aromatic carbocycles. The second kappa shape index (κ2) is 3.72. The molecule has 0 spiro atoms. The Balaban J connectivity index is 3.00. The van der Waals surface area contributed by atoms with Crippen LogP contribution in [0.15, 0.2) is 0 Å². The summed E-state index contributed by atoms with van der Waals surface area (Å²) < 4.78 is 4.65. The Labute approximate surface area is 80.1 Å². The Bertz CT molecular complexity index is 264. The number of rotatable bonds is 2. The number of amides is 4. The van der Waals surface area contributed by atoms with Gasteiger partial charge in [0.1, 0.15) is 0 Å². The lowest BCUT2D eigenvalue weighted by Gasteiger charge is -2.31. The van der Waals surface area contributed by atoms with Crippen LogP contribution in [0.2, 0.25) is 0 Å². The van der Waals surface area contributed by atoms with Crippen molar-refractivity contribution in [3.05, 3.63) is 0 Å². The van der Waals surface area contributed by atoms with Crippen molar-refractivity contribution in [2.45, 2.75) is 6.10 Å². The number of carbonyl (C=O) groups is 3. The third-order valence-corrected chi connectivity index (χ3v) is 1.86.